The van der Waals surface area contributed by atoms with Crippen molar-refractivity contribution in [1.29, 1.82) is 0 Å². The van der Waals surface area contributed by atoms with Crippen LogP contribution in [0.1, 0.15) is 22.3 Å². The zero-order chi connectivity index (χ0) is 18.5. The number of rotatable bonds is 6. The second-order valence-corrected chi connectivity index (χ2v) is 6.73. The van der Waals surface area contributed by atoms with Crippen molar-refractivity contribution in [2.45, 2.75) is 27.0 Å². The Kier molecular flexibility index (Phi) is 5.79. The van der Waals surface area contributed by atoms with Crippen LogP contribution >= 0.6 is 11.6 Å². The molecule has 0 fully saturated rings. The summed E-state index contributed by atoms with van der Waals surface area (Å²) in [6, 6.07) is 18.6. The van der Waals surface area contributed by atoms with Gasteiger partial charge in [0.25, 0.3) is 0 Å². The fourth-order valence-corrected chi connectivity index (χ4v) is 2.78. The standard InChI is InChI=1S/C22H21ClFNO/c1-15-3-8-20(11-16(15)2)25-13-17-4-9-21(10-5-17)26-14-18-6-7-19(24)12-22(18)23/h3-12,25H,13-14H2,1-2H3. The summed E-state index contributed by atoms with van der Waals surface area (Å²) in [6.07, 6.45) is 0. The molecule has 0 bridgehead atoms. The van der Waals surface area contributed by atoms with Crippen LogP contribution in [0.2, 0.25) is 5.02 Å². The normalized spacial score (nSPS) is 10.6. The van der Waals surface area contributed by atoms with E-state index in [9.17, 15) is 4.39 Å². The second-order valence-electron chi connectivity index (χ2n) is 6.32. The van der Waals surface area contributed by atoms with Gasteiger partial charge in [-0.3, -0.25) is 0 Å². The van der Waals surface area contributed by atoms with Crippen LogP contribution in [0.5, 0.6) is 5.75 Å². The molecule has 2 nitrogen and oxygen atoms in total. The van der Waals surface area contributed by atoms with Gasteiger partial charge in [-0.25, -0.2) is 4.39 Å². The lowest BCUT2D eigenvalue weighted by atomic mass is 10.1. The van der Waals surface area contributed by atoms with Gasteiger partial charge in [0, 0.05) is 17.8 Å². The molecule has 0 spiro atoms. The summed E-state index contributed by atoms with van der Waals surface area (Å²) in [5.74, 6) is 0.402. The van der Waals surface area contributed by atoms with Crippen LogP contribution in [-0.2, 0) is 13.2 Å². The third-order valence-electron chi connectivity index (χ3n) is 4.34. The summed E-state index contributed by atoms with van der Waals surface area (Å²) in [4.78, 5) is 0. The minimum atomic E-state index is -0.348. The van der Waals surface area contributed by atoms with Gasteiger partial charge in [0.05, 0.1) is 5.02 Å². The molecule has 0 aliphatic rings. The molecule has 0 saturated carbocycles. The van der Waals surface area contributed by atoms with Crippen molar-refractivity contribution in [3.8, 4) is 5.75 Å². The third-order valence-corrected chi connectivity index (χ3v) is 4.69. The highest BCUT2D eigenvalue weighted by Gasteiger charge is 2.04. The molecular formula is C22H21ClFNO. The fourth-order valence-electron chi connectivity index (χ4n) is 2.56. The van der Waals surface area contributed by atoms with Crippen LogP contribution in [0.25, 0.3) is 0 Å². The summed E-state index contributed by atoms with van der Waals surface area (Å²) in [7, 11) is 0. The molecule has 134 valence electrons. The molecule has 0 heterocycles. The SMILES string of the molecule is Cc1ccc(NCc2ccc(OCc3ccc(F)cc3Cl)cc2)cc1C. The third kappa shape index (κ3) is 4.77. The Labute approximate surface area is 158 Å². The van der Waals surface area contributed by atoms with E-state index in [0.29, 0.717) is 11.6 Å². The molecule has 3 aromatic rings. The topological polar surface area (TPSA) is 21.3 Å². The average molecular weight is 370 g/mol. The number of hydrogen-bond acceptors (Lipinski definition) is 2. The monoisotopic (exact) mass is 369 g/mol. The van der Waals surface area contributed by atoms with Gasteiger partial charge in [-0.15, -0.1) is 0 Å². The molecule has 0 saturated heterocycles. The van der Waals surface area contributed by atoms with Crippen molar-refractivity contribution in [1.82, 2.24) is 0 Å². The van der Waals surface area contributed by atoms with Crippen molar-refractivity contribution in [2.24, 2.45) is 0 Å². The quantitative estimate of drug-likeness (QED) is 0.551. The van der Waals surface area contributed by atoms with Crippen molar-refractivity contribution >= 4 is 17.3 Å². The van der Waals surface area contributed by atoms with E-state index in [1.807, 2.05) is 24.3 Å². The molecule has 3 rings (SSSR count). The first-order chi connectivity index (χ1) is 12.5. The first kappa shape index (κ1) is 18.3. The number of nitrogens with one attached hydrogen (secondary N) is 1. The first-order valence-electron chi connectivity index (χ1n) is 8.48. The highest BCUT2D eigenvalue weighted by atomic mass is 35.5. The number of ether oxygens (including phenoxy) is 1. The van der Waals surface area contributed by atoms with E-state index in [1.54, 1.807) is 6.07 Å². The van der Waals surface area contributed by atoms with E-state index in [2.05, 4.69) is 37.4 Å². The van der Waals surface area contributed by atoms with Crippen molar-refractivity contribution < 1.29 is 9.13 Å². The lowest BCUT2D eigenvalue weighted by Crippen LogP contribution is -2.00. The molecule has 4 heteroatoms. The summed E-state index contributed by atoms with van der Waals surface area (Å²) in [5.41, 5.74) is 5.60. The molecule has 0 unspecified atom stereocenters. The fraction of sp³-hybridized carbons (Fsp3) is 0.182. The maximum Gasteiger partial charge on any atom is 0.124 e. The number of aryl methyl sites for hydroxylation is 2. The van der Waals surface area contributed by atoms with Crippen LogP contribution in [-0.4, -0.2) is 0 Å². The maximum absolute atomic E-state index is 13.1. The molecule has 1 N–H and O–H groups in total. The Morgan fingerprint density at radius 1 is 0.923 bits per heavy atom. The van der Waals surface area contributed by atoms with Crippen molar-refractivity contribution in [2.75, 3.05) is 5.32 Å². The summed E-state index contributed by atoms with van der Waals surface area (Å²) in [6.45, 7) is 5.27. The molecular weight excluding hydrogens is 349 g/mol. The van der Waals surface area contributed by atoms with E-state index in [4.69, 9.17) is 16.3 Å². The predicted molar refractivity (Wildman–Crippen MR) is 105 cm³/mol. The lowest BCUT2D eigenvalue weighted by molar-refractivity contribution is 0.306. The summed E-state index contributed by atoms with van der Waals surface area (Å²) >= 11 is 6.01. The first-order valence-corrected chi connectivity index (χ1v) is 8.86. The molecule has 0 amide bonds. The zero-order valence-corrected chi connectivity index (χ0v) is 15.6. The van der Waals surface area contributed by atoms with Crippen LogP contribution in [0.4, 0.5) is 10.1 Å². The van der Waals surface area contributed by atoms with Crippen molar-refractivity contribution in [3.63, 3.8) is 0 Å². The van der Waals surface area contributed by atoms with E-state index in [-0.39, 0.29) is 5.82 Å². The lowest BCUT2D eigenvalue weighted by Gasteiger charge is -2.11. The maximum atomic E-state index is 13.1. The largest absolute Gasteiger partial charge is 0.489 e. The summed E-state index contributed by atoms with van der Waals surface area (Å²) in [5, 5.41) is 3.80. The molecule has 0 radical (unpaired) electrons. The number of anilines is 1. The van der Waals surface area contributed by atoms with E-state index in [0.717, 1.165) is 29.1 Å². The van der Waals surface area contributed by atoms with Crippen LogP contribution < -0.4 is 10.1 Å². The predicted octanol–water partition coefficient (Wildman–Crippen LogP) is 6.29. The van der Waals surface area contributed by atoms with Gasteiger partial charge in [-0.2, -0.15) is 0 Å². The van der Waals surface area contributed by atoms with Gasteiger partial charge in [0.15, 0.2) is 0 Å². The van der Waals surface area contributed by atoms with Gasteiger partial charge in [-0.05, 0) is 66.9 Å². The van der Waals surface area contributed by atoms with Gasteiger partial charge in [-0.1, -0.05) is 35.9 Å². The van der Waals surface area contributed by atoms with Gasteiger partial charge < -0.3 is 10.1 Å². The Morgan fingerprint density at radius 2 is 1.69 bits per heavy atom. The minimum Gasteiger partial charge on any atom is -0.489 e. The Hall–Kier alpha value is -2.52. The summed E-state index contributed by atoms with van der Waals surface area (Å²) < 4.78 is 18.8. The number of benzene rings is 3. The molecule has 0 aromatic heterocycles. The zero-order valence-electron chi connectivity index (χ0n) is 14.9. The van der Waals surface area contributed by atoms with Crippen LogP contribution in [0.15, 0.2) is 60.7 Å². The van der Waals surface area contributed by atoms with Gasteiger partial charge in [0.1, 0.15) is 18.2 Å². The smallest absolute Gasteiger partial charge is 0.124 e. The van der Waals surface area contributed by atoms with Crippen LogP contribution in [0.3, 0.4) is 0 Å². The molecule has 0 aliphatic carbocycles. The highest BCUT2D eigenvalue weighted by Crippen LogP contribution is 2.21. The Balaban J connectivity index is 1.55. The number of halogens is 2. The molecule has 3 aromatic carbocycles. The van der Waals surface area contributed by atoms with Crippen LogP contribution in [0, 0.1) is 19.7 Å². The average Bonchev–Trinajstić information content (AvgIpc) is 2.63. The molecule has 26 heavy (non-hydrogen) atoms. The minimum absolute atomic E-state index is 0.305. The molecule has 0 atom stereocenters. The highest BCUT2D eigenvalue weighted by molar-refractivity contribution is 6.31. The van der Waals surface area contributed by atoms with Gasteiger partial charge in [0.2, 0.25) is 0 Å². The molecule has 0 aliphatic heterocycles. The van der Waals surface area contributed by atoms with E-state index < -0.39 is 0 Å². The van der Waals surface area contributed by atoms with Gasteiger partial charge >= 0.3 is 0 Å². The van der Waals surface area contributed by atoms with E-state index >= 15 is 0 Å². The number of hydrogen-bond donors (Lipinski definition) is 1. The van der Waals surface area contributed by atoms with E-state index in [1.165, 1.54) is 23.3 Å². The van der Waals surface area contributed by atoms with Crippen molar-refractivity contribution in [3.05, 3.63) is 93.8 Å². The Bertz CT molecular complexity index is 893. The second kappa shape index (κ2) is 8.24. The Morgan fingerprint density at radius 3 is 2.38 bits per heavy atom.